The SMILES string of the molecule is COc1coc(C(=O)N2C[C@@H](c3ccccc3C)OC[C@@H]2C)cc1=O. The third-order valence-electron chi connectivity index (χ3n) is 4.46. The molecule has 1 amide bonds. The summed E-state index contributed by atoms with van der Waals surface area (Å²) in [6, 6.07) is 9.02. The van der Waals surface area contributed by atoms with Gasteiger partial charge in [0, 0.05) is 6.07 Å². The van der Waals surface area contributed by atoms with Gasteiger partial charge in [-0.2, -0.15) is 0 Å². The molecule has 6 nitrogen and oxygen atoms in total. The standard InChI is InChI=1S/C19H21NO5/c1-12-6-4-5-7-14(12)17-9-20(13(2)10-24-17)19(22)16-8-15(21)18(23-3)11-25-16/h4-8,11,13,17H,9-10H2,1-3H3/t13-,17-/m0/s1. The predicted molar refractivity (Wildman–Crippen MR) is 91.9 cm³/mol. The van der Waals surface area contributed by atoms with E-state index in [1.807, 2.05) is 38.1 Å². The molecule has 1 aliphatic heterocycles. The van der Waals surface area contributed by atoms with E-state index in [1.54, 1.807) is 4.90 Å². The second-order valence-electron chi connectivity index (χ2n) is 6.16. The van der Waals surface area contributed by atoms with Crippen LogP contribution in [0.4, 0.5) is 0 Å². The van der Waals surface area contributed by atoms with Crippen molar-refractivity contribution in [2.24, 2.45) is 0 Å². The third-order valence-corrected chi connectivity index (χ3v) is 4.46. The second kappa shape index (κ2) is 7.11. The zero-order valence-corrected chi connectivity index (χ0v) is 14.5. The molecule has 0 aliphatic carbocycles. The summed E-state index contributed by atoms with van der Waals surface area (Å²) in [5.41, 5.74) is 1.79. The van der Waals surface area contributed by atoms with E-state index in [2.05, 4.69) is 0 Å². The van der Waals surface area contributed by atoms with Crippen molar-refractivity contribution in [2.75, 3.05) is 20.3 Å². The van der Waals surface area contributed by atoms with Gasteiger partial charge in [-0.05, 0) is 25.0 Å². The van der Waals surface area contributed by atoms with E-state index in [-0.39, 0.29) is 35.0 Å². The van der Waals surface area contributed by atoms with Crippen molar-refractivity contribution in [3.8, 4) is 5.75 Å². The second-order valence-corrected chi connectivity index (χ2v) is 6.16. The van der Waals surface area contributed by atoms with Gasteiger partial charge in [-0.25, -0.2) is 0 Å². The molecular formula is C19H21NO5. The quantitative estimate of drug-likeness (QED) is 0.857. The van der Waals surface area contributed by atoms with Crippen LogP contribution in [0.15, 0.2) is 45.8 Å². The zero-order valence-electron chi connectivity index (χ0n) is 14.5. The van der Waals surface area contributed by atoms with Crippen molar-refractivity contribution in [3.63, 3.8) is 0 Å². The van der Waals surface area contributed by atoms with Crippen molar-refractivity contribution >= 4 is 5.91 Å². The molecule has 0 N–H and O–H groups in total. The summed E-state index contributed by atoms with van der Waals surface area (Å²) in [6.07, 6.45) is 0.964. The van der Waals surface area contributed by atoms with Crippen LogP contribution < -0.4 is 10.2 Å². The number of rotatable bonds is 3. The van der Waals surface area contributed by atoms with Gasteiger partial charge >= 0.3 is 0 Å². The molecule has 1 aromatic heterocycles. The Morgan fingerprint density at radius 3 is 2.76 bits per heavy atom. The first-order chi connectivity index (χ1) is 12.0. The van der Waals surface area contributed by atoms with Gasteiger partial charge in [0.05, 0.1) is 26.3 Å². The van der Waals surface area contributed by atoms with Crippen LogP contribution in [-0.2, 0) is 4.74 Å². The number of morpholine rings is 1. The number of methoxy groups -OCH3 is 1. The molecule has 0 bridgehead atoms. The molecule has 132 valence electrons. The molecule has 1 aromatic carbocycles. The highest BCUT2D eigenvalue weighted by atomic mass is 16.5. The fourth-order valence-electron chi connectivity index (χ4n) is 2.98. The maximum Gasteiger partial charge on any atom is 0.290 e. The first kappa shape index (κ1) is 17.2. The van der Waals surface area contributed by atoms with Gasteiger partial charge in [-0.3, -0.25) is 9.59 Å². The van der Waals surface area contributed by atoms with E-state index in [0.29, 0.717) is 13.2 Å². The first-order valence-electron chi connectivity index (χ1n) is 8.16. The molecule has 0 unspecified atom stereocenters. The number of aryl methyl sites for hydroxylation is 1. The smallest absolute Gasteiger partial charge is 0.290 e. The van der Waals surface area contributed by atoms with Gasteiger partial charge in [0.1, 0.15) is 12.4 Å². The molecule has 2 atom stereocenters. The Hall–Kier alpha value is -2.60. The highest BCUT2D eigenvalue weighted by Crippen LogP contribution is 2.28. The third kappa shape index (κ3) is 3.44. The molecule has 0 spiro atoms. The minimum absolute atomic E-state index is 0.00286. The Bertz CT molecular complexity index is 829. The van der Waals surface area contributed by atoms with Crippen molar-refractivity contribution in [2.45, 2.75) is 26.0 Å². The number of carbonyl (C=O) groups is 1. The van der Waals surface area contributed by atoms with Crippen molar-refractivity contribution in [1.82, 2.24) is 4.90 Å². The van der Waals surface area contributed by atoms with Crippen LogP contribution in [0.25, 0.3) is 0 Å². The molecule has 6 heteroatoms. The van der Waals surface area contributed by atoms with Gasteiger partial charge in [0.25, 0.3) is 5.91 Å². The molecule has 1 saturated heterocycles. The van der Waals surface area contributed by atoms with Crippen LogP contribution in [0, 0.1) is 6.92 Å². The van der Waals surface area contributed by atoms with Gasteiger partial charge in [-0.1, -0.05) is 24.3 Å². The number of ether oxygens (including phenoxy) is 2. The molecule has 25 heavy (non-hydrogen) atoms. The molecule has 3 rings (SSSR count). The van der Waals surface area contributed by atoms with Crippen LogP contribution in [0.5, 0.6) is 5.75 Å². The van der Waals surface area contributed by atoms with Crippen LogP contribution in [-0.4, -0.2) is 37.1 Å². The van der Waals surface area contributed by atoms with Gasteiger partial charge < -0.3 is 18.8 Å². The highest BCUT2D eigenvalue weighted by molar-refractivity contribution is 5.91. The Morgan fingerprint density at radius 2 is 2.08 bits per heavy atom. The average molecular weight is 343 g/mol. The maximum absolute atomic E-state index is 12.8. The summed E-state index contributed by atoms with van der Waals surface area (Å²) >= 11 is 0. The summed E-state index contributed by atoms with van der Waals surface area (Å²) in [4.78, 5) is 26.4. The Kier molecular flexibility index (Phi) is 4.90. The summed E-state index contributed by atoms with van der Waals surface area (Å²) in [6.45, 7) is 4.75. The summed E-state index contributed by atoms with van der Waals surface area (Å²) in [5, 5.41) is 0. The zero-order chi connectivity index (χ0) is 18.0. The molecule has 1 fully saturated rings. The highest BCUT2D eigenvalue weighted by Gasteiger charge is 2.32. The number of amides is 1. The topological polar surface area (TPSA) is 69.0 Å². The minimum Gasteiger partial charge on any atom is -0.490 e. The van der Waals surface area contributed by atoms with E-state index in [0.717, 1.165) is 11.1 Å². The molecule has 0 radical (unpaired) electrons. The Labute approximate surface area is 146 Å². The summed E-state index contributed by atoms with van der Waals surface area (Å²) < 4.78 is 16.1. The van der Waals surface area contributed by atoms with E-state index in [4.69, 9.17) is 13.9 Å². The minimum atomic E-state index is -0.381. The lowest BCUT2D eigenvalue weighted by Crippen LogP contribution is -2.48. The molecule has 2 aromatic rings. The van der Waals surface area contributed by atoms with E-state index < -0.39 is 0 Å². The maximum atomic E-state index is 12.8. The number of hydrogen-bond donors (Lipinski definition) is 0. The number of hydrogen-bond acceptors (Lipinski definition) is 5. The van der Waals surface area contributed by atoms with Crippen molar-refractivity contribution < 1.29 is 18.7 Å². The lowest BCUT2D eigenvalue weighted by Gasteiger charge is -2.38. The van der Waals surface area contributed by atoms with Crippen LogP contribution in [0.3, 0.4) is 0 Å². The van der Waals surface area contributed by atoms with E-state index in [9.17, 15) is 9.59 Å². The van der Waals surface area contributed by atoms with E-state index >= 15 is 0 Å². The largest absolute Gasteiger partial charge is 0.490 e. The normalized spacial score (nSPS) is 20.4. The summed E-state index contributed by atoms with van der Waals surface area (Å²) in [5.74, 6) is -0.249. The number of carbonyl (C=O) groups excluding carboxylic acids is 1. The summed E-state index contributed by atoms with van der Waals surface area (Å²) in [7, 11) is 1.38. The molecule has 0 saturated carbocycles. The van der Waals surface area contributed by atoms with Crippen LogP contribution in [0.1, 0.15) is 34.7 Å². The molecule has 2 heterocycles. The lowest BCUT2D eigenvalue weighted by molar-refractivity contribution is -0.0498. The first-order valence-corrected chi connectivity index (χ1v) is 8.16. The van der Waals surface area contributed by atoms with Crippen molar-refractivity contribution in [1.29, 1.82) is 0 Å². The predicted octanol–water partition coefficient (Wildman–Crippen LogP) is 2.56. The van der Waals surface area contributed by atoms with Gasteiger partial charge in [0.2, 0.25) is 11.2 Å². The van der Waals surface area contributed by atoms with Crippen LogP contribution in [0.2, 0.25) is 0 Å². The van der Waals surface area contributed by atoms with Crippen LogP contribution >= 0.6 is 0 Å². The molecular weight excluding hydrogens is 322 g/mol. The van der Waals surface area contributed by atoms with Gasteiger partial charge in [-0.15, -0.1) is 0 Å². The average Bonchev–Trinajstić information content (AvgIpc) is 2.62. The fourth-order valence-corrected chi connectivity index (χ4v) is 2.98. The molecule has 1 aliphatic rings. The van der Waals surface area contributed by atoms with E-state index in [1.165, 1.54) is 19.4 Å². The number of benzene rings is 1. The Balaban J connectivity index is 1.85. The lowest BCUT2D eigenvalue weighted by atomic mass is 10.0. The van der Waals surface area contributed by atoms with Gasteiger partial charge in [0.15, 0.2) is 5.76 Å². The number of nitrogens with zero attached hydrogens (tertiary/aromatic N) is 1. The van der Waals surface area contributed by atoms with Crippen molar-refractivity contribution in [3.05, 3.63) is 63.7 Å². The Morgan fingerprint density at radius 1 is 1.32 bits per heavy atom. The monoisotopic (exact) mass is 343 g/mol. The fraction of sp³-hybridized carbons (Fsp3) is 0.368.